The summed E-state index contributed by atoms with van der Waals surface area (Å²) in [5.74, 6) is -0.891. The maximum Gasteiger partial charge on any atom is 0.408 e. The topological polar surface area (TPSA) is 120 Å². The van der Waals surface area contributed by atoms with Crippen LogP contribution < -0.4 is 16.4 Å². The molecular formula is C23H37N3O5. The first-order valence-corrected chi connectivity index (χ1v) is 10.5. The largest absolute Gasteiger partial charge is 0.465 e. The van der Waals surface area contributed by atoms with Gasteiger partial charge in [-0.3, -0.25) is 4.79 Å². The van der Waals surface area contributed by atoms with Gasteiger partial charge in [-0.1, -0.05) is 26.8 Å². The Kier molecular flexibility index (Phi) is 9.49. The molecule has 0 radical (unpaired) electrons. The smallest absolute Gasteiger partial charge is 0.408 e. The first kappa shape index (κ1) is 26.4. The zero-order valence-electron chi connectivity index (χ0n) is 19.8. The Morgan fingerprint density at radius 2 is 1.71 bits per heavy atom. The van der Waals surface area contributed by atoms with Gasteiger partial charge >= 0.3 is 12.1 Å². The third kappa shape index (κ3) is 8.96. The number of hydrogen-bond donors (Lipinski definition) is 3. The second kappa shape index (κ2) is 11.1. The highest BCUT2D eigenvalue weighted by molar-refractivity contribution is 5.99. The fraction of sp³-hybridized carbons (Fsp3) is 0.609. The van der Waals surface area contributed by atoms with Crippen LogP contribution in [0.2, 0.25) is 0 Å². The Hall–Kier alpha value is -2.61. The molecule has 0 spiro atoms. The van der Waals surface area contributed by atoms with E-state index in [2.05, 4.69) is 10.6 Å². The lowest BCUT2D eigenvalue weighted by Crippen LogP contribution is -2.46. The second-order valence-electron chi connectivity index (χ2n) is 9.47. The Balaban J connectivity index is 3.16. The number of esters is 1. The summed E-state index contributed by atoms with van der Waals surface area (Å²) in [5, 5.41) is 5.54. The molecule has 0 saturated carbocycles. The first-order valence-electron chi connectivity index (χ1n) is 10.5. The SMILES string of the molecule is COC(=O)c1ccc(C(C)(C)C)c(NC(=O)[C@H](CCCCN)NC(=O)OC(C)(C)C)c1. The Bertz CT molecular complexity index is 778. The van der Waals surface area contributed by atoms with Crippen LogP contribution in [0.5, 0.6) is 0 Å². The van der Waals surface area contributed by atoms with Crippen molar-refractivity contribution < 1.29 is 23.9 Å². The summed E-state index contributed by atoms with van der Waals surface area (Å²) in [4.78, 5) is 37.4. The van der Waals surface area contributed by atoms with E-state index in [1.807, 2.05) is 20.8 Å². The summed E-state index contributed by atoms with van der Waals surface area (Å²) in [6.45, 7) is 11.8. The molecule has 0 unspecified atom stereocenters. The lowest BCUT2D eigenvalue weighted by atomic mass is 9.85. The molecule has 1 aromatic carbocycles. The number of unbranched alkanes of at least 4 members (excludes halogenated alkanes) is 1. The fourth-order valence-electron chi connectivity index (χ4n) is 2.98. The van der Waals surface area contributed by atoms with Gasteiger partial charge in [0, 0.05) is 5.69 Å². The zero-order valence-corrected chi connectivity index (χ0v) is 19.8. The van der Waals surface area contributed by atoms with Crippen molar-refractivity contribution in [2.45, 2.75) is 77.9 Å². The third-order valence-corrected chi connectivity index (χ3v) is 4.46. The number of carbonyl (C=O) groups is 3. The molecule has 0 aliphatic rings. The molecule has 8 nitrogen and oxygen atoms in total. The number of hydrogen-bond acceptors (Lipinski definition) is 6. The van der Waals surface area contributed by atoms with E-state index < -0.39 is 29.6 Å². The molecule has 0 aromatic heterocycles. The zero-order chi connectivity index (χ0) is 23.8. The van der Waals surface area contributed by atoms with E-state index in [1.54, 1.807) is 39.0 Å². The minimum atomic E-state index is -0.809. The lowest BCUT2D eigenvalue weighted by Gasteiger charge is -2.26. The average Bonchev–Trinajstić information content (AvgIpc) is 2.64. The Morgan fingerprint density at radius 1 is 1.06 bits per heavy atom. The van der Waals surface area contributed by atoms with Gasteiger partial charge in [0.15, 0.2) is 0 Å². The number of nitrogens with two attached hydrogens (primary N) is 1. The summed E-state index contributed by atoms with van der Waals surface area (Å²) in [6.07, 6.45) is 1.13. The Morgan fingerprint density at radius 3 is 2.23 bits per heavy atom. The highest BCUT2D eigenvalue weighted by atomic mass is 16.6. The molecule has 1 rings (SSSR count). The van der Waals surface area contributed by atoms with Crippen molar-refractivity contribution in [3.05, 3.63) is 29.3 Å². The van der Waals surface area contributed by atoms with Gasteiger partial charge in [-0.05, 0) is 69.7 Å². The van der Waals surface area contributed by atoms with Crippen molar-refractivity contribution in [3.63, 3.8) is 0 Å². The van der Waals surface area contributed by atoms with E-state index in [4.69, 9.17) is 15.2 Å². The van der Waals surface area contributed by atoms with Gasteiger partial charge in [-0.15, -0.1) is 0 Å². The van der Waals surface area contributed by atoms with Crippen LogP contribution in [0.4, 0.5) is 10.5 Å². The van der Waals surface area contributed by atoms with Gasteiger partial charge < -0.3 is 25.8 Å². The van der Waals surface area contributed by atoms with Crippen molar-refractivity contribution in [1.82, 2.24) is 5.32 Å². The number of carbonyl (C=O) groups excluding carboxylic acids is 3. The maximum atomic E-state index is 13.1. The molecular weight excluding hydrogens is 398 g/mol. The minimum Gasteiger partial charge on any atom is -0.465 e. The molecule has 2 amide bonds. The van der Waals surface area contributed by atoms with Crippen LogP contribution in [0.15, 0.2) is 18.2 Å². The number of ether oxygens (including phenoxy) is 2. The predicted octanol–water partition coefficient (Wildman–Crippen LogP) is 3.73. The molecule has 8 heteroatoms. The predicted molar refractivity (Wildman–Crippen MR) is 121 cm³/mol. The van der Waals surface area contributed by atoms with Gasteiger partial charge in [0.2, 0.25) is 5.91 Å². The maximum absolute atomic E-state index is 13.1. The Labute approximate surface area is 185 Å². The molecule has 31 heavy (non-hydrogen) atoms. The van der Waals surface area contributed by atoms with Crippen LogP contribution in [0.3, 0.4) is 0 Å². The molecule has 1 atom stereocenters. The molecule has 0 heterocycles. The highest BCUT2D eigenvalue weighted by Gasteiger charge is 2.27. The normalized spacial score (nSPS) is 12.6. The van der Waals surface area contributed by atoms with Crippen molar-refractivity contribution in [1.29, 1.82) is 0 Å². The van der Waals surface area contributed by atoms with E-state index in [-0.39, 0.29) is 5.41 Å². The number of alkyl carbamates (subject to hydrolysis) is 1. The lowest BCUT2D eigenvalue weighted by molar-refractivity contribution is -0.118. The highest BCUT2D eigenvalue weighted by Crippen LogP contribution is 2.31. The van der Waals surface area contributed by atoms with E-state index in [1.165, 1.54) is 7.11 Å². The van der Waals surface area contributed by atoms with Crippen molar-refractivity contribution in [2.75, 3.05) is 19.0 Å². The molecule has 1 aromatic rings. The molecule has 0 bridgehead atoms. The third-order valence-electron chi connectivity index (χ3n) is 4.46. The summed E-state index contributed by atoms with van der Waals surface area (Å²) in [5.41, 5.74) is 6.27. The number of amides is 2. The number of nitrogens with one attached hydrogen (secondary N) is 2. The van der Waals surface area contributed by atoms with Crippen molar-refractivity contribution >= 4 is 23.7 Å². The van der Waals surface area contributed by atoms with Crippen LogP contribution >= 0.6 is 0 Å². The van der Waals surface area contributed by atoms with Crippen molar-refractivity contribution in [2.24, 2.45) is 5.73 Å². The van der Waals surface area contributed by atoms with Gasteiger partial charge in [-0.25, -0.2) is 9.59 Å². The van der Waals surface area contributed by atoms with Crippen LogP contribution in [0, 0.1) is 0 Å². The molecule has 0 aliphatic carbocycles. The van der Waals surface area contributed by atoms with Crippen molar-refractivity contribution in [3.8, 4) is 0 Å². The van der Waals surface area contributed by atoms with Gasteiger partial charge in [0.05, 0.1) is 12.7 Å². The first-order chi connectivity index (χ1) is 14.3. The summed E-state index contributed by atoms with van der Waals surface area (Å²) in [7, 11) is 1.30. The second-order valence-corrected chi connectivity index (χ2v) is 9.47. The molecule has 0 aliphatic heterocycles. The fourth-order valence-corrected chi connectivity index (χ4v) is 2.98. The van der Waals surface area contributed by atoms with Gasteiger partial charge in [0.25, 0.3) is 0 Å². The minimum absolute atomic E-state index is 0.287. The van der Waals surface area contributed by atoms with Crippen LogP contribution in [-0.2, 0) is 19.7 Å². The quantitative estimate of drug-likeness (QED) is 0.423. The molecule has 0 saturated heterocycles. The summed E-state index contributed by atoms with van der Waals surface area (Å²) >= 11 is 0. The molecule has 174 valence electrons. The van der Waals surface area contributed by atoms with Crippen LogP contribution in [0.1, 0.15) is 76.7 Å². The van der Waals surface area contributed by atoms with Gasteiger partial charge in [-0.2, -0.15) is 0 Å². The van der Waals surface area contributed by atoms with E-state index >= 15 is 0 Å². The number of rotatable bonds is 8. The van der Waals surface area contributed by atoms with E-state index in [0.29, 0.717) is 30.6 Å². The average molecular weight is 436 g/mol. The van der Waals surface area contributed by atoms with Gasteiger partial charge in [0.1, 0.15) is 11.6 Å². The monoisotopic (exact) mass is 435 g/mol. The van der Waals surface area contributed by atoms with E-state index in [9.17, 15) is 14.4 Å². The summed E-state index contributed by atoms with van der Waals surface area (Å²) in [6, 6.07) is 4.25. The van der Waals surface area contributed by atoms with Crippen LogP contribution in [-0.4, -0.2) is 43.3 Å². The molecule has 0 fully saturated rings. The number of methoxy groups -OCH3 is 1. The standard InChI is InChI=1S/C23H37N3O5/c1-22(2,3)16-12-11-15(20(28)30-7)14-18(16)25-19(27)17(10-8-9-13-24)26-21(29)31-23(4,5)6/h11-12,14,17H,8-10,13,24H2,1-7H3,(H,25,27)(H,26,29)/t17-/m0/s1. The number of benzene rings is 1. The summed E-state index contributed by atoms with van der Waals surface area (Å²) < 4.78 is 10.1. The number of anilines is 1. The van der Waals surface area contributed by atoms with E-state index in [0.717, 1.165) is 12.0 Å². The van der Waals surface area contributed by atoms with Crippen LogP contribution in [0.25, 0.3) is 0 Å². The molecule has 4 N–H and O–H groups in total.